The van der Waals surface area contributed by atoms with Gasteiger partial charge >= 0.3 is 0 Å². The van der Waals surface area contributed by atoms with Crippen LogP contribution in [0.5, 0.6) is 0 Å². The molecule has 37 heavy (non-hydrogen) atoms. The van der Waals surface area contributed by atoms with Gasteiger partial charge < -0.3 is 15.1 Å². The zero-order chi connectivity index (χ0) is 25.2. The number of nitrogens with zero attached hydrogens (tertiary/aromatic N) is 4. The summed E-state index contributed by atoms with van der Waals surface area (Å²) >= 11 is 0. The summed E-state index contributed by atoms with van der Waals surface area (Å²) in [7, 11) is -3.81. The maximum absolute atomic E-state index is 12.6. The van der Waals surface area contributed by atoms with E-state index in [0.29, 0.717) is 17.1 Å². The van der Waals surface area contributed by atoms with E-state index in [9.17, 15) is 8.42 Å². The SMILES string of the molecule is O=S(=O)(Nc1ncccn1)c1ccc(Nc2cccc(Nc3ncnc4c3oc3ccccc34)c2)cc1. The first-order chi connectivity index (χ1) is 18.0. The molecule has 0 unspecified atom stereocenters. The Morgan fingerprint density at radius 1 is 0.703 bits per heavy atom. The highest BCUT2D eigenvalue weighted by Gasteiger charge is 2.16. The molecule has 0 spiro atoms. The molecule has 0 amide bonds. The summed E-state index contributed by atoms with van der Waals surface area (Å²) in [6, 6.07) is 23.3. The summed E-state index contributed by atoms with van der Waals surface area (Å²) in [6.45, 7) is 0. The maximum atomic E-state index is 12.6. The second-order valence-corrected chi connectivity index (χ2v) is 9.71. The third-order valence-electron chi connectivity index (χ3n) is 5.53. The van der Waals surface area contributed by atoms with E-state index in [-0.39, 0.29) is 10.8 Å². The van der Waals surface area contributed by atoms with Gasteiger partial charge in [0.15, 0.2) is 11.4 Å². The van der Waals surface area contributed by atoms with Crippen LogP contribution in [0.3, 0.4) is 0 Å². The summed E-state index contributed by atoms with van der Waals surface area (Å²) in [6.07, 6.45) is 4.43. The molecule has 0 fully saturated rings. The molecule has 0 aliphatic rings. The highest BCUT2D eigenvalue weighted by molar-refractivity contribution is 7.92. The maximum Gasteiger partial charge on any atom is 0.264 e. The molecular formula is C26H19N7O3S. The summed E-state index contributed by atoms with van der Waals surface area (Å²) in [4.78, 5) is 16.6. The standard InChI is InChI=1S/C26H19N7O3S/c34-37(35,33-26-27-13-4-14-28-26)20-11-9-17(10-12-20)31-18-5-3-6-19(15-18)32-25-24-23(29-16-30-25)21-7-1-2-8-22(21)36-24/h1-16,31H,(H,27,28,33)(H,29,30,32). The number of furan rings is 1. The number of nitrogens with one attached hydrogen (secondary N) is 3. The van der Waals surface area contributed by atoms with Gasteiger partial charge in [-0.3, -0.25) is 0 Å². The van der Waals surface area contributed by atoms with Crippen LogP contribution in [-0.2, 0) is 10.0 Å². The Labute approximate surface area is 211 Å². The number of para-hydroxylation sites is 1. The van der Waals surface area contributed by atoms with E-state index in [1.54, 1.807) is 18.2 Å². The third kappa shape index (κ3) is 4.62. The van der Waals surface area contributed by atoms with Crippen LogP contribution in [-0.4, -0.2) is 28.4 Å². The molecule has 10 nitrogen and oxygen atoms in total. The van der Waals surface area contributed by atoms with Gasteiger partial charge in [0.25, 0.3) is 10.0 Å². The zero-order valence-corrected chi connectivity index (χ0v) is 20.0. The van der Waals surface area contributed by atoms with Crippen LogP contribution in [0.15, 0.2) is 107 Å². The first-order valence-corrected chi connectivity index (χ1v) is 12.7. The topological polar surface area (TPSA) is 135 Å². The normalized spacial score (nSPS) is 11.5. The van der Waals surface area contributed by atoms with Crippen LogP contribution in [0.4, 0.5) is 28.8 Å². The van der Waals surface area contributed by atoms with Gasteiger partial charge in [-0.1, -0.05) is 18.2 Å². The fourth-order valence-corrected chi connectivity index (χ4v) is 4.80. The summed E-state index contributed by atoms with van der Waals surface area (Å²) in [5.41, 5.74) is 4.37. The first kappa shape index (κ1) is 22.4. The summed E-state index contributed by atoms with van der Waals surface area (Å²) in [5, 5.41) is 7.51. The van der Waals surface area contributed by atoms with Gasteiger partial charge in [-0.25, -0.2) is 33.1 Å². The van der Waals surface area contributed by atoms with E-state index in [2.05, 4.69) is 35.3 Å². The molecule has 6 rings (SSSR count). The molecule has 3 aromatic carbocycles. The Bertz CT molecular complexity index is 1820. The number of hydrogen-bond acceptors (Lipinski definition) is 9. The lowest BCUT2D eigenvalue weighted by atomic mass is 10.2. The number of benzene rings is 3. The van der Waals surface area contributed by atoms with E-state index in [1.807, 2.05) is 48.5 Å². The lowest BCUT2D eigenvalue weighted by Gasteiger charge is -2.11. The van der Waals surface area contributed by atoms with Crippen molar-refractivity contribution >= 4 is 60.9 Å². The molecule has 0 radical (unpaired) electrons. The van der Waals surface area contributed by atoms with Crippen molar-refractivity contribution in [3.63, 3.8) is 0 Å². The highest BCUT2D eigenvalue weighted by atomic mass is 32.2. The van der Waals surface area contributed by atoms with Crippen molar-refractivity contribution in [1.82, 2.24) is 19.9 Å². The second-order valence-electron chi connectivity index (χ2n) is 8.03. The molecule has 3 aromatic heterocycles. The van der Waals surface area contributed by atoms with Gasteiger partial charge in [0, 0.05) is 34.8 Å². The number of rotatable bonds is 7. The predicted molar refractivity (Wildman–Crippen MR) is 142 cm³/mol. The van der Waals surface area contributed by atoms with E-state index >= 15 is 0 Å². The molecule has 0 bridgehead atoms. The lowest BCUT2D eigenvalue weighted by Crippen LogP contribution is -2.14. The Hall–Kier alpha value is -5.03. The van der Waals surface area contributed by atoms with E-state index in [4.69, 9.17) is 4.42 Å². The van der Waals surface area contributed by atoms with Crippen molar-refractivity contribution in [3.05, 3.63) is 97.6 Å². The van der Waals surface area contributed by atoms with Crippen molar-refractivity contribution in [2.75, 3.05) is 15.4 Å². The summed E-state index contributed by atoms with van der Waals surface area (Å²) in [5.74, 6) is 0.570. The van der Waals surface area contributed by atoms with E-state index in [1.165, 1.54) is 30.9 Å². The Kier molecular flexibility index (Phi) is 5.58. The summed E-state index contributed by atoms with van der Waals surface area (Å²) < 4.78 is 33.6. The number of anilines is 5. The molecule has 11 heteroatoms. The van der Waals surface area contributed by atoms with Crippen molar-refractivity contribution in [3.8, 4) is 0 Å². The number of fused-ring (bicyclic) bond motifs is 3. The molecule has 0 atom stereocenters. The van der Waals surface area contributed by atoms with Gasteiger partial charge in [-0.15, -0.1) is 0 Å². The number of hydrogen-bond donors (Lipinski definition) is 3. The average Bonchev–Trinajstić information content (AvgIpc) is 3.30. The van der Waals surface area contributed by atoms with Gasteiger partial charge in [-0.05, 0) is 60.7 Å². The van der Waals surface area contributed by atoms with Gasteiger partial charge in [0.1, 0.15) is 17.4 Å². The van der Waals surface area contributed by atoms with Gasteiger partial charge in [0.2, 0.25) is 5.95 Å². The fraction of sp³-hybridized carbons (Fsp3) is 0. The average molecular weight is 510 g/mol. The minimum Gasteiger partial charge on any atom is -0.450 e. The van der Waals surface area contributed by atoms with Crippen LogP contribution >= 0.6 is 0 Å². The van der Waals surface area contributed by atoms with Crippen molar-refractivity contribution in [2.24, 2.45) is 0 Å². The quantitative estimate of drug-likeness (QED) is 0.256. The van der Waals surface area contributed by atoms with Crippen LogP contribution in [0.2, 0.25) is 0 Å². The third-order valence-corrected chi connectivity index (χ3v) is 6.87. The minimum absolute atomic E-state index is 0.0117. The minimum atomic E-state index is -3.81. The number of sulfonamides is 1. The Balaban J connectivity index is 1.20. The highest BCUT2D eigenvalue weighted by Crippen LogP contribution is 2.32. The van der Waals surface area contributed by atoms with Crippen molar-refractivity contribution < 1.29 is 12.8 Å². The predicted octanol–water partition coefficient (Wildman–Crippen LogP) is 5.45. The molecular weight excluding hydrogens is 490 g/mol. The Morgan fingerprint density at radius 2 is 1.46 bits per heavy atom. The molecule has 6 aromatic rings. The molecule has 3 heterocycles. The first-order valence-electron chi connectivity index (χ1n) is 11.2. The zero-order valence-electron chi connectivity index (χ0n) is 19.2. The van der Waals surface area contributed by atoms with Crippen LogP contribution in [0.1, 0.15) is 0 Å². The van der Waals surface area contributed by atoms with Gasteiger partial charge in [0.05, 0.1) is 4.90 Å². The van der Waals surface area contributed by atoms with E-state index < -0.39 is 10.0 Å². The molecule has 0 aliphatic heterocycles. The lowest BCUT2D eigenvalue weighted by molar-refractivity contribution is 0.601. The smallest absolute Gasteiger partial charge is 0.264 e. The monoisotopic (exact) mass is 509 g/mol. The molecule has 3 N–H and O–H groups in total. The largest absolute Gasteiger partial charge is 0.450 e. The van der Waals surface area contributed by atoms with Crippen LogP contribution in [0.25, 0.3) is 22.1 Å². The van der Waals surface area contributed by atoms with Crippen LogP contribution in [0, 0.1) is 0 Å². The molecule has 182 valence electrons. The Morgan fingerprint density at radius 3 is 2.27 bits per heavy atom. The molecule has 0 saturated heterocycles. The van der Waals surface area contributed by atoms with E-state index in [0.717, 1.165) is 27.9 Å². The fourth-order valence-electron chi connectivity index (χ4n) is 3.84. The second kappa shape index (κ2) is 9.21. The molecule has 0 saturated carbocycles. The van der Waals surface area contributed by atoms with Crippen molar-refractivity contribution in [1.29, 1.82) is 0 Å². The van der Waals surface area contributed by atoms with Crippen molar-refractivity contribution in [2.45, 2.75) is 4.90 Å². The van der Waals surface area contributed by atoms with Crippen LogP contribution < -0.4 is 15.4 Å². The number of aromatic nitrogens is 4. The van der Waals surface area contributed by atoms with Gasteiger partial charge in [-0.2, -0.15) is 0 Å². The molecule has 0 aliphatic carbocycles.